The Kier molecular flexibility index (Phi) is 2.74. The minimum absolute atomic E-state index is 1.00. The van der Waals surface area contributed by atoms with E-state index in [0.717, 1.165) is 16.9 Å². The second-order valence-corrected chi connectivity index (χ2v) is 6.20. The van der Waals surface area contributed by atoms with Gasteiger partial charge < -0.3 is 4.90 Å². The van der Waals surface area contributed by atoms with Gasteiger partial charge in [0.15, 0.2) is 0 Å². The first-order valence-corrected chi connectivity index (χ1v) is 8.15. The van der Waals surface area contributed by atoms with Crippen LogP contribution in [0.5, 0.6) is 0 Å². The maximum absolute atomic E-state index is 4.88. The molecule has 0 spiro atoms. The number of rotatable bonds is 1. The van der Waals surface area contributed by atoms with Crippen LogP contribution in [0.3, 0.4) is 0 Å². The van der Waals surface area contributed by atoms with Crippen molar-refractivity contribution in [2.24, 2.45) is 0 Å². The van der Waals surface area contributed by atoms with Gasteiger partial charge in [-0.3, -0.25) is 0 Å². The van der Waals surface area contributed by atoms with Gasteiger partial charge >= 0.3 is 0 Å². The third-order valence-electron chi connectivity index (χ3n) is 4.79. The summed E-state index contributed by atoms with van der Waals surface area (Å²) >= 11 is 0. The molecule has 1 aliphatic rings. The van der Waals surface area contributed by atoms with Gasteiger partial charge in [0.05, 0.1) is 16.9 Å². The van der Waals surface area contributed by atoms with E-state index in [9.17, 15) is 0 Å². The molecule has 0 aliphatic carbocycles. The SMILES string of the molecule is CN1C(c2ccc3ccccc3n2)=Cc2cccc3cccc1c23. The van der Waals surface area contributed by atoms with E-state index in [1.54, 1.807) is 0 Å². The summed E-state index contributed by atoms with van der Waals surface area (Å²) in [6.45, 7) is 0. The van der Waals surface area contributed by atoms with Crippen LogP contribution in [-0.4, -0.2) is 12.0 Å². The van der Waals surface area contributed by atoms with E-state index in [4.69, 9.17) is 4.98 Å². The Bertz CT molecular complexity index is 1120. The second kappa shape index (κ2) is 4.93. The van der Waals surface area contributed by atoms with E-state index in [0.29, 0.717) is 0 Å². The molecule has 2 heterocycles. The number of nitrogens with zero attached hydrogens (tertiary/aromatic N) is 2. The fraction of sp³-hybridized carbons (Fsp3) is 0.0455. The summed E-state index contributed by atoms with van der Waals surface area (Å²) in [7, 11) is 2.12. The molecule has 2 nitrogen and oxygen atoms in total. The number of anilines is 1. The molecule has 3 aromatic carbocycles. The van der Waals surface area contributed by atoms with Crippen LogP contribution in [0, 0.1) is 0 Å². The summed E-state index contributed by atoms with van der Waals surface area (Å²) in [5, 5.41) is 3.76. The van der Waals surface area contributed by atoms with E-state index in [1.807, 2.05) is 12.1 Å². The van der Waals surface area contributed by atoms with Gasteiger partial charge in [0.1, 0.15) is 0 Å². The van der Waals surface area contributed by atoms with Crippen LogP contribution in [0.4, 0.5) is 5.69 Å². The number of benzene rings is 3. The Balaban J connectivity index is 1.76. The molecule has 0 N–H and O–H groups in total. The highest BCUT2D eigenvalue weighted by atomic mass is 15.1. The first-order chi connectivity index (χ1) is 11.8. The Morgan fingerprint density at radius 1 is 0.750 bits per heavy atom. The first kappa shape index (κ1) is 13.3. The van der Waals surface area contributed by atoms with Gasteiger partial charge in [0.2, 0.25) is 0 Å². The van der Waals surface area contributed by atoms with Crippen LogP contribution in [0.1, 0.15) is 11.3 Å². The first-order valence-electron chi connectivity index (χ1n) is 8.15. The predicted octanol–water partition coefficient (Wildman–Crippen LogP) is 5.34. The smallest absolute Gasteiger partial charge is 0.0874 e. The lowest BCUT2D eigenvalue weighted by Crippen LogP contribution is -2.19. The van der Waals surface area contributed by atoms with E-state index in [1.165, 1.54) is 27.4 Å². The third kappa shape index (κ3) is 1.86. The van der Waals surface area contributed by atoms with Crippen LogP contribution in [-0.2, 0) is 0 Å². The number of fused-ring (bicyclic) bond motifs is 1. The molecule has 0 fully saturated rings. The van der Waals surface area contributed by atoms with Crippen LogP contribution in [0.2, 0.25) is 0 Å². The fourth-order valence-corrected chi connectivity index (χ4v) is 3.58. The molecule has 24 heavy (non-hydrogen) atoms. The molecule has 0 amide bonds. The molecule has 0 saturated heterocycles. The van der Waals surface area contributed by atoms with Crippen molar-refractivity contribution in [2.75, 3.05) is 11.9 Å². The standard InChI is InChI=1S/C22H16N2/c1-24-20-11-5-8-16-7-4-9-17(22(16)20)14-21(24)19-13-12-15-6-2-3-10-18(15)23-19/h2-14H,1H3. The summed E-state index contributed by atoms with van der Waals surface area (Å²) in [4.78, 5) is 7.12. The van der Waals surface area contributed by atoms with E-state index < -0.39 is 0 Å². The fourth-order valence-electron chi connectivity index (χ4n) is 3.58. The molecular weight excluding hydrogens is 292 g/mol. The molecule has 1 aliphatic heterocycles. The normalized spacial score (nSPS) is 13.4. The topological polar surface area (TPSA) is 16.1 Å². The average Bonchev–Trinajstić information content (AvgIpc) is 2.64. The van der Waals surface area contributed by atoms with Crippen molar-refractivity contribution in [3.8, 4) is 0 Å². The molecule has 114 valence electrons. The molecule has 0 atom stereocenters. The Labute approximate surface area is 140 Å². The molecule has 2 heteroatoms. The van der Waals surface area contributed by atoms with Gasteiger partial charge in [-0.15, -0.1) is 0 Å². The lowest BCUT2D eigenvalue weighted by molar-refractivity contribution is 1.19. The highest BCUT2D eigenvalue weighted by Crippen LogP contribution is 2.39. The minimum atomic E-state index is 1.00. The zero-order valence-corrected chi connectivity index (χ0v) is 13.4. The third-order valence-corrected chi connectivity index (χ3v) is 4.79. The second-order valence-electron chi connectivity index (χ2n) is 6.20. The number of aromatic nitrogens is 1. The molecule has 0 bridgehead atoms. The Hall–Kier alpha value is -3.13. The average molecular weight is 308 g/mol. The van der Waals surface area contributed by atoms with E-state index in [2.05, 4.69) is 78.7 Å². The van der Waals surface area contributed by atoms with Crippen LogP contribution >= 0.6 is 0 Å². The highest BCUT2D eigenvalue weighted by molar-refractivity contribution is 6.10. The summed E-state index contributed by atoms with van der Waals surface area (Å²) in [6.07, 6.45) is 2.24. The van der Waals surface area contributed by atoms with E-state index >= 15 is 0 Å². The Morgan fingerprint density at radius 3 is 2.46 bits per heavy atom. The van der Waals surface area contributed by atoms with Gasteiger partial charge in [-0.2, -0.15) is 0 Å². The molecule has 4 aromatic rings. The van der Waals surface area contributed by atoms with Gasteiger partial charge in [-0.1, -0.05) is 54.6 Å². The largest absolute Gasteiger partial charge is 0.342 e. The molecule has 0 saturated carbocycles. The van der Waals surface area contributed by atoms with Crippen LogP contribution in [0.25, 0.3) is 33.4 Å². The van der Waals surface area contributed by atoms with Crippen molar-refractivity contribution >= 4 is 39.1 Å². The molecule has 1 aromatic heterocycles. The molecular formula is C22H16N2. The monoisotopic (exact) mass is 308 g/mol. The number of para-hydroxylation sites is 1. The number of hydrogen-bond acceptors (Lipinski definition) is 2. The lowest BCUT2D eigenvalue weighted by atomic mass is 9.97. The maximum atomic E-state index is 4.88. The van der Waals surface area contributed by atoms with Crippen molar-refractivity contribution < 1.29 is 0 Å². The van der Waals surface area contributed by atoms with Crippen LogP contribution in [0.15, 0.2) is 72.8 Å². The van der Waals surface area contributed by atoms with Crippen molar-refractivity contribution in [2.45, 2.75) is 0 Å². The Morgan fingerprint density at radius 2 is 1.54 bits per heavy atom. The zero-order chi connectivity index (χ0) is 16.1. The zero-order valence-electron chi connectivity index (χ0n) is 13.4. The lowest BCUT2D eigenvalue weighted by Gasteiger charge is -2.28. The van der Waals surface area contributed by atoms with Gasteiger partial charge in [0, 0.05) is 23.5 Å². The summed E-state index contributed by atoms with van der Waals surface area (Å²) in [6, 6.07) is 25.4. The van der Waals surface area contributed by atoms with Crippen molar-refractivity contribution in [1.82, 2.24) is 4.98 Å². The predicted molar refractivity (Wildman–Crippen MR) is 102 cm³/mol. The minimum Gasteiger partial charge on any atom is -0.342 e. The van der Waals surface area contributed by atoms with E-state index in [-0.39, 0.29) is 0 Å². The van der Waals surface area contributed by atoms with Crippen molar-refractivity contribution in [1.29, 1.82) is 0 Å². The van der Waals surface area contributed by atoms with Crippen molar-refractivity contribution in [3.05, 3.63) is 84.1 Å². The molecule has 0 unspecified atom stereocenters. The number of hydrogen-bond donors (Lipinski definition) is 0. The molecule has 5 rings (SSSR count). The summed E-state index contributed by atoms with van der Waals surface area (Å²) in [5.41, 5.74) is 5.65. The maximum Gasteiger partial charge on any atom is 0.0874 e. The molecule has 0 radical (unpaired) electrons. The highest BCUT2D eigenvalue weighted by Gasteiger charge is 2.20. The van der Waals surface area contributed by atoms with Crippen molar-refractivity contribution in [3.63, 3.8) is 0 Å². The quantitative estimate of drug-likeness (QED) is 0.472. The summed E-state index contributed by atoms with van der Waals surface area (Å²) < 4.78 is 0. The van der Waals surface area contributed by atoms with Gasteiger partial charge in [-0.05, 0) is 35.2 Å². The van der Waals surface area contributed by atoms with Gasteiger partial charge in [0.25, 0.3) is 0 Å². The summed E-state index contributed by atoms with van der Waals surface area (Å²) in [5.74, 6) is 0. The van der Waals surface area contributed by atoms with Crippen LogP contribution < -0.4 is 4.90 Å². The van der Waals surface area contributed by atoms with Gasteiger partial charge in [-0.25, -0.2) is 4.98 Å². The number of pyridine rings is 1.